The molecule has 5 heteroatoms. The van der Waals surface area contributed by atoms with E-state index in [9.17, 15) is 9.59 Å². The van der Waals surface area contributed by atoms with E-state index < -0.39 is 6.04 Å². The van der Waals surface area contributed by atoms with E-state index in [0.717, 1.165) is 16.5 Å². The van der Waals surface area contributed by atoms with Crippen LogP contribution in [-0.4, -0.2) is 29.5 Å². The van der Waals surface area contributed by atoms with Crippen LogP contribution in [0.1, 0.15) is 25.8 Å². The van der Waals surface area contributed by atoms with Crippen LogP contribution < -0.4 is 5.32 Å². The molecule has 0 aliphatic carbocycles. The Morgan fingerprint density at radius 3 is 2.81 bits per heavy atom. The Kier molecular flexibility index (Phi) is 4.98. The average molecular weight is 288 g/mol. The van der Waals surface area contributed by atoms with Crippen molar-refractivity contribution < 1.29 is 14.3 Å². The van der Waals surface area contributed by atoms with Gasteiger partial charge in [-0.25, -0.2) is 4.79 Å². The molecule has 1 atom stereocenters. The standard InChI is InChI=1S/C16H20N2O3/c1-3-21-16(20)15(18-11(2)19)9-8-12-10-17-14-7-5-4-6-13(12)14/h4-7,10,15,17H,3,8-9H2,1-2H3,(H,18,19). The van der Waals surface area contributed by atoms with Crippen molar-refractivity contribution in [3.8, 4) is 0 Å². The summed E-state index contributed by atoms with van der Waals surface area (Å²) in [5, 5.41) is 3.79. The lowest BCUT2D eigenvalue weighted by Crippen LogP contribution is -2.41. The molecule has 0 radical (unpaired) electrons. The van der Waals surface area contributed by atoms with E-state index in [1.807, 2.05) is 30.5 Å². The predicted molar refractivity (Wildman–Crippen MR) is 80.9 cm³/mol. The quantitative estimate of drug-likeness (QED) is 0.800. The highest BCUT2D eigenvalue weighted by atomic mass is 16.5. The number of para-hydroxylation sites is 1. The number of aromatic amines is 1. The Bertz CT molecular complexity index is 633. The Balaban J connectivity index is 2.07. The van der Waals surface area contributed by atoms with Gasteiger partial charge in [0.2, 0.25) is 5.91 Å². The summed E-state index contributed by atoms with van der Waals surface area (Å²) in [6.07, 6.45) is 3.15. The molecule has 2 rings (SSSR count). The van der Waals surface area contributed by atoms with E-state index in [-0.39, 0.29) is 11.9 Å². The predicted octanol–water partition coefficient (Wildman–Crippen LogP) is 2.17. The smallest absolute Gasteiger partial charge is 0.328 e. The largest absolute Gasteiger partial charge is 0.464 e. The molecule has 5 nitrogen and oxygen atoms in total. The lowest BCUT2D eigenvalue weighted by atomic mass is 10.0. The van der Waals surface area contributed by atoms with Crippen LogP contribution in [0.5, 0.6) is 0 Å². The molecule has 112 valence electrons. The molecule has 0 saturated carbocycles. The number of benzene rings is 1. The lowest BCUT2D eigenvalue weighted by molar-refractivity contribution is -0.147. The van der Waals surface area contributed by atoms with Crippen molar-refractivity contribution >= 4 is 22.8 Å². The molecular formula is C16H20N2O3. The molecule has 0 spiro atoms. The van der Waals surface area contributed by atoms with Gasteiger partial charge in [-0.05, 0) is 31.4 Å². The van der Waals surface area contributed by atoms with Crippen LogP contribution in [0.4, 0.5) is 0 Å². The minimum absolute atomic E-state index is 0.230. The second kappa shape index (κ2) is 6.92. The van der Waals surface area contributed by atoms with E-state index in [1.54, 1.807) is 6.92 Å². The highest BCUT2D eigenvalue weighted by Gasteiger charge is 2.20. The molecule has 1 amide bonds. The fourth-order valence-corrected chi connectivity index (χ4v) is 2.38. The number of H-pyrrole nitrogens is 1. The summed E-state index contributed by atoms with van der Waals surface area (Å²) in [6.45, 7) is 3.46. The number of hydrogen-bond donors (Lipinski definition) is 2. The van der Waals surface area contributed by atoms with Crippen molar-refractivity contribution in [1.82, 2.24) is 10.3 Å². The fraction of sp³-hybridized carbons (Fsp3) is 0.375. The minimum atomic E-state index is -0.601. The molecule has 1 aromatic carbocycles. The van der Waals surface area contributed by atoms with Crippen molar-refractivity contribution in [2.75, 3.05) is 6.61 Å². The van der Waals surface area contributed by atoms with Crippen LogP contribution in [0.15, 0.2) is 30.5 Å². The maximum absolute atomic E-state index is 11.9. The van der Waals surface area contributed by atoms with Crippen molar-refractivity contribution in [3.63, 3.8) is 0 Å². The first-order valence-electron chi connectivity index (χ1n) is 7.10. The van der Waals surface area contributed by atoms with Crippen molar-refractivity contribution in [1.29, 1.82) is 0 Å². The molecule has 2 aromatic rings. The molecule has 0 saturated heterocycles. The zero-order valence-corrected chi connectivity index (χ0v) is 12.3. The van der Waals surface area contributed by atoms with Gasteiger partial charge in [0, 0.05) is 24.0 Å². The van der Waals surface area contributed by atoms with E-state index >= 15 is 0 Å². The maximum Gasteiger partial charge on any atom is 0.328 e. The number of hydrogen-bond acceptors (Lipinski definition) is 3. The van der Waals surface area contributed by atoms with Crippen LogP contribution in [0.3, 0.4) is 0 Å². The number of ether oxygens (including phenoxy) is 1. The Morgan fingerprint density at radius 2 is 2.10 bits per heavy atom. The van der Waals surface area contributed by atoms with Gasteiger partial charge in [0.05, 0.1) is 6.61 Å². The third-order valence-corrected chi connectivity index (χ3v) is 3.33. The van der Waals surface area contributed by atoms with E-state index in [2.05, 4.69) is 10.3 Å². The first-order chi connectivity index (χ1) is 10.1. The van der Waals surface area contributed by atoms with E-state index in [4.69, 9.17) is 4.74 Å². The summed E-state index contributed by atoms with van der Waals surface area (Å²) < 4.78 is 5.00. The fourth-order valence-electron chi connectivity index (χ4n) is 2.38. The summed E-state index contributed by atoms with van der Waals surface area (Å²) in [6, 6.07) is 7.41. The molecule has 2 N–H and O–H groups in total. The van der Waals surface area contributed by atoms with Crippen molar-refractivity contribution in [3.05, 3.63) is 36.0 Å². The van der Waals surface area contributed by atoms with Gasteiger partial charge in [0.1, 0.15) is 6.04 Å². The zero-order valence-electron chi connectivity index (χ0n) is 12.3. The molecular weight excluding hydrogens is 268 g/mol. The van der Waals surface area contributed by atoms with Gasteiger partial charge in [-0.1, -0.05) is 18.2 Å². The average Bonchev–Trinajstić information content (AvgIpc) is 2.86. The summed E-state index contributed by atoms with van der Waals surface area (Å²) in [4.78, 5) is 26.3. The monoisotopic (exact) mass is 288 g/mol. The topological polar surface area (TPSA) is 71.2 Å². The van der Waals surface area contributed by atoms with Gasteiger partial charge in [0.15, 0.2) is 0 Å². The first-order valence-corrected chi connectivity index (χ1v) is 7.10. The van der Waals surface area contributed by atoms with Crippen LogP contribution in [-0.2, 0) is 20.7 Å². The summed E-state index contributed by atoms with van der Waals surface area (Å²) in [7, 11) is 0. The summed E-state index contributed by atoms with van der Waals surface area (Å²) in [5.74, 6) is -0.612. The Hall–Kier alpha value is -2.30. The summed E-state index contributed by atoms with van der Waals surface area (Å²) >= 11 is 0. The SMILES string of the molecule is CCOC(=O)C(CCc1c[nH]c2ccccc12)NC(C)=O. The van der Waals surface area contributed by atoms with Gasteiger partial charge >= 0.3 is 5.97 Å². The van der Waals surface area contributed by atoms with Crippen LogP contribution in [0, 0.1) is 0 Å². The number of carbonyl (C=O) groups is 2. The van der Waals surface area contributed by atoms with Crippen molar-refractivity contribution in [2.24, 2.45) is 0 Å². The molecule has 0 aliphatic rings. The molecule has 21 heavy (non-hydrogen) atoms. The number of nitrogens with one attached hydrogen (secondary N) is 2. The summed E-state index contributed by atoms with van der Waals surface area (Å²) in [5.41, 5.74) is 2.20. The van der Waals surface area contributed by atoms with Gasteiger partial charge in [-0.3, -0.25) is 4.79 Å². The van der Waals surface area contributed by atoms with Gasteiger partial charge in [0.25, 0.3) is 0 Å². The number of esters is 1. The number of aryl methyl sites for hydroxylation is 1. The van der Waals surface area contributed by atoms with Crippen molar-refractivity contribution in [2.45, 2.75) is 32.7 Å². The second-order valence-electron chi connectivity index (χ2n) is 4.90. The number of fused-ring (bicyclic) bond motifs is 1. The first kappa shape index (κ1) is 15.1. The number of carbonyl (C=O) groups excluding carboxylic acids is 2. The molecule has 0 aliphatic heterocycles. The van der Waals surface area contributed by atoms with Gasteiger partial charge in [-0.2, -0.15) is 0 Å². The Labute approximate surface area is 123 Å². The highest BCUT2D eigenvalue weighted by Crippen LogP contribution is 2.19. The molecule has 0 bridgehead atoms. The normalized spacial score (nSPS) is 12.1. The molecule has 1 unspecified atom stereocenters. The number of aromatic nitrogens is 1. The van der Waals surface area contributed by atoms with Gasteiger partial charge < -0.3 is 15.0 Å². The van der Waals surface area contributed by atoms with E-state index in [0.29, 0.717) is 19.4 Å². The zero-order chi connectivity index (χ0) is 15.2. The third-order valence-electron chi connectivity index (χ3n) is 3.33. The third kappa shape index (κ3) is 3.84. The molecule has 1 aromatic heterocycles. The maximum atomic E-state index is 11.9. The Morgan fingerprint density at radius 1 is 1.33 bits per heavy atom. The van der Waals surface area contributed by atoms with Gasteiger partial charge in [-0.15, -0.1) is 0 Å². The van der Waals surface area contributed by atoms with Crippen LogP contribution >= 0.6 is 0 Å². The highest BCUT2D eigenvalue weighted by molar-refractivity contribution is 5.84. The van der Waals surface area contributed by atoms with E-state index in [1.165, 1.54) is 6.92 Å². The van der Waals surface area contributed by atoms with Crippen LogP contribution in [0.25, 0.3) is 10.9 Å². The molecule has 0 fully saturated rings. The lowest BCUT2D eigenvalue weighted by Gasteiger charge is -2.16. The second-order valence-corrected chi connectivity index (χ2v) is 4.90. The van der Waals surface area contributed by atoms with Crippen LogP contribution in [0.2, 0.25) is 0 Å². The number of amides is 1. The molecule has 1 heterocycles. The number of rotatable bonds is 6. The minimum Gasteiger partial charge on any atom is -0.464 e.